The van der Waals surface area contributed by atoms with Crippen LogP contribution in [0.4, 0.5) is 8.78 Å². The number of likely N-dealkylation sites (N-methyl/N-ethyl adjacent to an activating group) is 1. The van der Waals surface area contributed by atoms with Gasteiger partial charge in [0, 0.05) is 17.1 Å². The van der Waals surface area contributed by atoms with Crippen LogP contribution >= 0.6 is 0 Å². The smallest absolute Gasteiger partial charge is 0.129 e. The lowest BCUT2D eigenvalue weighted by Gasteiger charge is -2.42. The molecule has 0 radical (unpaired) electrons. The lowest BCUT2D eigenvalue weighted by molar-refractivity contribution is 0.111. The summed E-state index contributed by atoms with van der Waals surface area (Å²) in [5.74, 6) is 4.54. The molecule has 1 rings (SSSR count). The Morgan fingerprint density at radius 1 is 1.32 bits per heavy atom. The Hall–Kier alpha value is -1.04. The standard InChI is InChI=1S/C14H23F2N3/c1-5-14(2,19(3)4)13(18-17)9-10-11(15)7-6-8-12(10)16/h6-8,13,18H,5,9,17H2,1-4H3. The second-order valence-corrected chi connectivity index (χ2v) is 5.23. The van der Waals surface area contributed by atoms with Crippen molar-refractivity contribution in [3.63, 3.8) is 0 Å². The number of hydrazine groups is 1. The fourth-order valence-corrected chi connectivity index (χ4v) is 2.26. The van der Waals surface area contributed by atoms with Gasteiger partial charge in [0.1, 0.15) is 11.6 Å². The van der Waals surface area contributed by atoms with E-state index in [9.17, 15) is 8.78 Å². The second-order valence-electron chi connectivity index (χ2n) is 5.23. The van der Waals surface area contributed by atoms with Gasteiger partial charge in [-0.15, -0.1) is 0 Å². The molecule has 0 aliphatic rings. The predicted octanol–water partition coefficient (Wildman–Crippen LogP) is 2.07. The third-order valence-electron chi connectivity index (χ3n) is 4.16. The highest BCUT2D eigenvalue weighted by atomic mass is 19.1. The first kappa shape index (κ1) is 16.0. The maximum atomic E-state index is 13.7. The zero-order valence-corrected chi connectivity index (χ0v) is 12.0. The van der Waals surface area contributed by atoms with E-state index >= 15 is 0 Å². The summed E-state index contributed by atoms with van der Waals surface area (Å²) in [6.45, 7) is 4.05. The maximum absolute atomic E-state index is 13.7. The molecule has 2 atom stereocenters. The van der Waals surface area contributed by atoms with Crippen molar-refractivity contribution in [2.24, 2.45) is 5.84 Å². The lowest BCUT2D eigenvalue weighted by Crippen LogP contribution is -2.59. The fourth-order valence-electron chi connectivity index (χ4n) is 2.26. The van der Waals surface area contributed by atoms with Crippen LogP contribution in [0.15, 0.2) is 18.2 Å². The van der Waals surface area contributed by atoms with Crippen molar-refractivity contribution < 1.29 is 8.78 Å². The van der Waals surface area contributed by atoms with E-state index in [0.717, 1.165) is 6.42 Å². The number of halogens is 2. The van der Waals surface area contributed by atoms with Gasteiger partial charge in [-0.3, -0.25) is 11.3 Å². The molecule has 1 aromatic carbocycles. The maximum Gasteiger partial charge on any atom is 0.129 e. The van der Waals surface area contributed by atoms with E-state index in [-0.39, 0.29) is 23.6 Å². The summed E-state index contributed by atoms with van der Waals surface area (Å²) in [6.07, 6.45) is 1.02. The molecule has 3 N–H and O–H groups in total. The minimum absolute atomic E-state index is 0.0759. The van der Waals surface area contributed by atoms with Crippen LogP contribution in [0.3, 0.4) is 0 Å². The first-order chi connectivity index (χ1) is 8.86. The van der Waals surface area contributed by atoms with Crippen molar-refractivity contribution in [2.45, 2.75) is 38.3 Å². The Morgan fingerprint density at radius 3 is 2.21 bits per heavy atom. The highest BCUT2D eigenvalue weighted by Crippen LogP contribution is 2.25. The number of hydrogen-bond donors (Lipinski definition) is 2. The van der Waals surface area contributed by atoms with E-state index in [0.29, 0.717) is 0 Å². The van der Waals surface area contributed by atoms with Gasteiger partial charge in [-0.2, -0.15) is 0 Å². The molecule has 0 saturated carbocycles. The van der Waals surface area contributed by atoms with Gasteiger partial charge < -0.3 is 4.90 Å². The van der Waals surface area contributed by atoms with Crippen LogP contribution in [0.2, 0.25) is 0 Å². The molecule has 0 amide bonds. The molecule has 0 fully saturated rings. The zero-order valence-electron chi connectivity index (χ0n) is 12.0. The van der Waals surface area contributed by atoms with Crippen molar-refractivity contribution >= 4 is 0 Å². The van der Waals surface area contributed by atoms with E-state index in [1.54, 1.807) is 0 Å². The quantitative estimate of drug-likeness (QED) is 0.615. The summed E-state index contributed by atoms with van der Waals surface area (Å²) in [7, 11) is 3.87. The van der Waals surface area contributed by atoms with Gasteiger partial charge in [0.2, 0.25) is 0 Å². The van der Waals surface area contributed by atoms with Crippen molar-refractivity contribution in [3.05, 3.63) is 35.4 Å². The summed E-state index contributed by atoms with van der Waals surface area (Å²) in [4.78, 5) is 2.02. The van der Waals surface area contributed by atoms with Gasteiger partial charge in [-0.1, -0.05) is 13.0 Å². The van der Waals surface area contributed by atoms with Crippen molar-refractivity contribution in [1.29, 1.82) is 0 Å². The van der Waals surface area contributed by atoms with E-state index < -0.39 is 11.6 Å². The largest absolute Gasteiger partial charge is 0.302 e. The van der Waals surface area contributed by atoms with Gasteiger partial charge in [0.05, 0.1) is 0 Å². The molecule has 0 spiro atoms. The number of nitrogens with two attached hydrogens (primary N) is 1. The zero-order chi connectivity index (χ0) is 14.6. The van der Waals surface area contributed by atoms with Crippen LogP contribution in [-0.4, -0.2) is 30.6 Å². The summed E-state index contributed by atoms with van der Waals surface area (Å²) in [5, 5.41) is 0. The van der Waals surface area contributed by atoms with Gasteiger partial charge in [-0.25, -0.2) is 8.78 Å². The lowest BCUT2D eigenvalue weighted by atomic mass is 9.84. The van der Waals surface area contributed by atoms with Crippen LogP contribution in [0, 0.1) is 11.6 Å². The third kappa shape index (κ3) is 3.29. The molecule has 0 aliphatic heterocycles. The summed E-state index contributed by atoms with van der Waals surface area (Å²) >= 11 is 0. The predicted molar refractivity (Wildman–Crippen MR) is 73.6 cm³/mol. The summed E-state index contributed by atoms with van der Waals surface area (Å²) < 4.78 is 27.4. The molecule has 0 aliphatic carbocycles. The summed E-state index contributed by atoms with van der Waals surface area (Å²) in [6, 6.07) is 3.65. The van der Waals surface area contributed by atoms with Crippen LogP contribution < -0.4 is 11.3 Å². The third-order valence-corrected chi connectivity index (χ3v) is 4.16. The molecule has 108 valence electrons. The van der Waals surface area contributed by atoms with Gasteiger partial charge in [-0.05, 0) is 46.0 Å². The molecule has 0 saturated heterocycles. The monoisotopic (exact) mass is 271 g/mol. The molecule has 2 unspecified atom stereocenters. The highest BCUT2D eigenvalue weighted by molar-refractivity contribution is 5.22. The van der Waals surface area contributed by atoms with Gasteiger partial charge in [0.25, 0.3) is 0 Å². The average Bonchev–Trinajstić information content (AvgIpc) is 2.37. The number of benzene rings is 1. The van der Waals surface area contributed by atoms with Crippen LogP contribution in [-0.2, 0) is 6.42 Å². The SMILES string of the molecule is CCC(C)(C(Cc1c(F)cccc1F)NN)N(C)C. The summed E-state index contributed by atoms with van der Waals surface area (Å²) in [5.41, 5.74) is 2.49. The highest BCUT2D eigenvalue weighted by Gasteiger charge is 2.35. The topological polar surface area (TPSA) is 41.3 Å². The number of nitrogens with zero attached hydrogens (tertiary/aromatic N) is 1. The first-order valence-electron chi connectivity index (χ1n) is 6.43. The van der Waals surface area contributed by atoms with Crippen LogP contribution in [0.5, 0.6) is 0 Å². The van der Waals surface area contributed by atoms with Gasteiger partial charge in [0.15, 0.2) is 0 Å². The fraction of sp³-hybridized carbons (Fsp3) is 0.571. The molecule has 0 aromatic heterocycles. The molecular formula is C14H23F2N3. The molecule has 19 heavy (non-hydrogen) atoms. The van der Waals surface area contributed by atoms with Crippen molar-refractivity contribution in [3.8, 4) is 0 Å². The number of nitrogens with one attached hydrogen (secondary N) is 1. The molecule has 0 bridgehead atoms. The van der Waals surface area contributed by atoms with E-state index in [4.69, 9.17) is 5.84 Å². The van der Waals surface area contributed by atoms with E-state index in [2.05, 4.69) is 5.43 Å². The van der Waals surface area contributed by atoms with Crippen molar-refractivity contribution in [2.75, 3.05) is 14.1 Å². The Morgan fingerprint density at radius 2 is 1.84 bits per heavy atom. The van der Waals surface area contributed by atoms with Crippen LogP contribution in [0.1, 0.15) is 25.8 Å². The van der Waals surface area contributed by atoms with Crippen LogP contribution in [0.25, 0.3) is 0 Å². The van der Waals surface area contributed by atoms with E-state index in [1.165, 1.54) is 18.2 Å². The average molecular weight is 271 g/mol. The Kier molecular flexibility index (Phi) is 5.40. The van der Waals surface area contributed by atoms with Crippen molar-refractivity contribution in [1.82, 2.24) is 10.3 Å². The van der Waals surface area contributed by atoms with E-state index in [1.807, 2.05) is 32.8 Å². The first-order valence-corrected chi connectivity index (χ1v) is 6.43. The number of rotatable bonds is 6. The Labute approximate surface area is 113 Å². The minimum atomic E-state index is -0.530. The molecule has 1 aromatic rings. The van der Waals surface area contributed by atoms with Gasteiger partial charge >= 0.3 is 0 Å². The molecule has 0 heterocycles. The molecular weight excluding hydrogens is 248 g/mol. The number of hydrogen-bond acceptors (Lipinski definition) is 3. The molecule has 5 heteroatoms. The normalized spacial score (nSPS) is 16.4. The second kappa shape index (κ2) is 6.41. The Balaban J connectivity index is 3.06. The Bertz CT molecular complexity index is 403. The minimum Gasteiger partial charge on any atom is -0.302 e. The molecule has 3 nitrogen and oxygen atoms in total.